The fraction of sp³-hybridized carbons (Fsp3) is 0.739. The molecule has 0 aromatic heterocycles. The van der Waals surface area contributed by atoms with Gasteiger partial charge in [0.05, 0.1) is 0 Å². The van der Waals surface area contributed by atoms with Crippen molar-refractivity contribution >= 4 is 0 Å². The maximum Gasteiger partial charge on any atom is -0.00131 e. The quantitative estimate of drug-likeness (QED) is 0.517. The van der Waals surface area contributed by atoms with Gasteiger partial charge in [0.2, 0.25) is 0 Å². The Morgan fingerprint density at radius 1 is 0.913 bits per heavy atom. The molecule has 2 saturated carbocycles. The van der Waals surface area contributed by atoms with Crippen LogP contribution in [0.15, 0.2) is 18.2 Å². The zero-order chi connectivity index (χ0) is 16.7. The minimum Gasteiger partial charge on any atom is -0.0620 e. The van der Waals surface area contributed by atoms with Gasteiger partial charge in [-0.15, -0.1) is 0 Å². The number of benzene rings is 1. The summed E-state index contributed by atoms with van der Waals surface area (Å²) >= 11 is 0. The highest BCUT2D eigenvalue weighted by atomic mass is 14.7. The van der Waals surface area contributed by atoms with Gasteiger partial charge in [-0.25, -0.2) is 0 Å². The van der Waals surface area contributed by atoms with Gasteiger partial charge in [0.15, 0.2) is 0 Å². The Morgan fingerprint density at radius 2 is 1.65 bits per heavy atom. The summed E-state index contributed by atoms with van der Waals surface area (Å²) in [4.78, 5) is 0. The van der Waals surface area contributed by atoms with Gasteiger partial charge < -0.3 is 0 Å². The second-order valence-corrected chi connectivity index (χ2v) is 10.0. The Balaban J connectivity index is 1.91. The molecular weight excluding hydrogens is 276 g/mol. The van der Waals surface area contributed by atoms with Gasteiger partial charge in [-0.2, -0.15) is 0 Å². The van der Waals surface area contributed by atoms with Crippen molar-refractivity contribution in [2.45, 2.75) is 85.5 Å². The lowest BCUT2D eigenvalue weighted by Crippen LogP contribution is -2.62. The highest BCUT2D eigenvalue weighted by Gasteiger charge is 2.69. The molecule has 23 heavy (non-hydrogen) atoms. The Bertz CT molecular complexity index is 658. The monoisotopic (exact) mass is 310 g/mol. The van der Waals surface area contributed by atoms with Crippen molar-refractivity contribution in [3.8, 4) is 0 Å². The van der Waals surface area contributed by atoms with E-state index in [-0.39, 0.29) is 0 Å². The van der Waals surface area contributed by atoms with Crippen LogP contribution in [-0.4, -0.2) is 0 Å². The van der Waals surface area contributed by atoms with Gasteiger partial charge in [0, 0.05) is 0 Å². The smallest absolute Gasteiger partial charge is 0.00131 e. The van der Waals surface area contributed by atoms with Crippen molar-refractivity contribution in [1.82, 2.24) is 0 Å². The SMILES string of the molecule is Cc1ccc2c(c1)CC[C@@]1(C)[C@@]3(C)CC[C@H](C)[C@@]3(C)CC[C@@]21C. The van der Waals surface area contributed by atoms with Crippen molar-refractivity contribution in [2.24, 2.45) is 22.2 Å². The lowest BCUT2D eigenvalue weighted by molar-refractivity contribution is -0.148. The molecule has 1 aromatic carbocycles. The maximum atomic E-state index is 2.66. The van der Waals surface area contributed by atoms with Crippen LogP contribution in [0, 0.1) is 29.1 Å². The molecule has 5 atom stereocenters. The van der Waals surface area contributed by atoms with E-state index in [9.17, 15) is 0 Å². The van der Waals surface area contributed by atoms with Crippen LogP contribution >= 0.6 is 0 Å². The van der Waals surface area contributed by atoms with Gasteiger partial charge in [0.25, 0.3) is 0 Å². The van der Waals surface area contributed by atoms with Crippen LogP contribution in [0.1, 0.15) is 83.4 Å². The summed E-state index contributed by atoms with van der Waals surface area (Å²) in [5.41, 5.74) is 6.55. The Hall–Kier alpha value is -0.780. The van der Waals surface area contributed by atoms with Crippen LogP contribution in [0.25, 0.3) is 0 Å². The van der Waals surface area contributed by atoms with E-state index in [0.29, 0.717) is 21.7 Å². The summed E-state index contributed by atoms with van der Waals surface area (Å²) in [7, 11) is 0. The molecule has 0 amide bonds. The molecule has 0 aliphatic heterocycles. The number of fused-ring (bicyclic) bond motifs is 5. The van der Waals surface area contributed by atoms with E-state index in [1.807, 2.05) is 0 Å². The van der Waals surface area contributed by atoms with Gasteiger partial charge in [-0.05, 0) is 84.2 Å². The standard InChI is InChI=1S/C23H34/c1-16-7-8-19-18(15-16)10-12-23(6)21(19,4)14-13-20(3)17(2)9-11-22(20,23)5/h7-8,15,17H,9-14H2,1-6H3/t17-,20+,21-,22-,23+/m0/s1. The number of aryl methyl sites for hydroxylation is 2. The van der Waals surface area contributed by atoms with Crippen LogP contribution in [0.2, 0.25) is 0 Å². The first-order chi connectivity index (χ1) is 10.7. The van der Waals surface area contributed by atoms with E-state index in [1.165, 1.54) is 44.1 Å². The summed E-state index contributed by atoms with van der Waals surface area (Å²) in [6.07, 6.45) is 8.29. The molecule has 4 rings (SSSR count). The van der Waals surface area contributed by atoms with E-state index in [1.54, 1.807) is 11.1 Å². The third-order valence-corrected chi connectivity index (χ3v) is 9.76. The van der Waals surface area contributed by atoms with Crippen molar-refractivity contribution in [3.05, 3.63) is 34.9 Å². The van der Waals surface area contributed by atoms with Crippen LogP contribution in [-0.2, 0) is 11.8 Å². The van der Waals surface area contributed by atoms with Crippen molar-refractivity contribution in [2.75, 3.05) is 0 Å². The second-order valence-electron chi connectivity index (χ2n) is 10.0. The molecule has 3 aliphatic rings. The molecule has 3 aliphatic carbocycles. The molecule has 2 fully saturated rings. The van der Waals surface area contributed by atoms with Gasteiger partial charge >= 0.3 is 0 Å². The van der Waals surface area contributed by atoms with E-state index in [2.05, 4.69) is 59.7 Å². The maximum absolute atomic E-state index is 2.66. The van der Waals surface area contributed by atoms with Crippen molar-refractivity contribution in [1.29, 1.82) is 0 Å². The van der Waals surface area contributed by atoms with E-state index in [4.69, 9.17) is 0 Å². The Labute approximate surface area is 143 Å². The number of hydrogen-bond donors (Lipinski definition) is 0. The average Bonchev–Trinajstić information content (AvgIpc) is 2.75. The molecular formula is C23H34. The third kappa shape index (κ3) is 1.59. The zero-order valence-electron chi connectivity index (χ0n) is 16.1. The van der Waals surface area contributed by atoms with Crippen molar-refractivity contribution < 1.29 is 0 Å². The first-order valence-corrected chi connectivity index (χ1v) is 9.78. The lowest BCUT2D eigenvalue weighted by atomic mass is 9.36. The first kappa shape index (κ1) is 15.7. The predicted molar refractivity (Wildman–Crippen MR) is 98.8 cm³/mol. The summed E-state index contributed by atoms with van der Waals surface area (Å²) < 4.78 is 0. The fourth-order valence-electron chi connectivity index (χ4n) is 7.31. The lowest BCUT2D eigenvalue weighted by Gasteiger charge is -2.68. The molecule has 0 heterocycles. The molecule has 0 heteroatoms. The van der Waals surface area contributed by atoms with E-state index < -0.39 is 0 Å². The van der Waals surface area contributed by atoms with Gasteiger partial charge in [0.1, 0.15) is 0 Å². The molecule has 0 spiro atoms. The highest BCUT2D eigenvalue weighted by molar-refractivity contribution is 5.43. The van der Waals surface area contributed by atoms with Crippen LogP contribution in [0.4, 0.5) is 0 Å². The zero-order valence-corrected chi connectivity index (χ0v) is 16.1. The van der Waals surface area contributed by atoms with Crippen molar-refractivity contribution in [3.63, 3.8) is 0 Å². The summed E-state index contributed by atoms with van der Waals surface area (Å²) in [6.45, 7) is 15.3. The fourth-order valence-corrected chi connectivity index (χ4v) is 7.31. The minimum atomic E-state index is 0.354. The van der Waals surface area contributed by atoms with Gasteiger partial charge in [-0.1, -0.05) is 58.4 Å². The number of hydrogen-bond acceptors (Lipinski definition) is 0. The Morgan fingerprint density at radius 3 is 2.39 bits per heavy atom. The second kappa shape index (κ2) is 4.44. The van der Waals surface area contributed by atoms with E-state index in [0.717, 1.165) is 5.92 Å². The normalized spacial score (nSPS) is 48.5. The van der Waals surface area contributed by atoms with E-state index >= 15 is 0 Å². The predicted octanol–water partition coefficient (Wildman–Crippen LogP) is 6.44. The van der Waals surface area contributed by atoms with Crippen LogP contribution in [0.3, 0.4) is 0 Å². The average molecular weight is 311 g/mol. The first-order valence-electron chi connectivity index (χ1n) is 9.78. The molecule has 1 aromatic rings. The molecule has 0 nitrogen and oxygen atoms in total. The Kier molecular flexibility index (Phi) is 3.03. The molecule has 0 radical (unpaired) electrons. The summed E-state index contributed by atoms with van der Waals surface area (Å²) in [5.74, 6) is 0.883. The van der Waals surface area contributed by atoms with Crippen LogP contribution in [0.5, 0.6) is 0 Å². The van der Waals surface area contributed by atoms with Crippen LogP contribution < -0.4 is 0 Å². The molecule has 0 bridgehead atoms. The van der Waals surface area contributed by atoms with Gasteiger partial charge in [-0.3, -0.25) is 0 Å². The minimum absolute atomic E-state index is 0.354. The molecule has 126 valence electrons. The molecule has 0 saturated heterocycles. The summed E-state index contributed by atoms with van der Waals surface area (Å²) in [6, 6.07) is 7.29. The number of rotatable bonds is 0. The topological polar surface area (TPSA) is 0 Å². The third-order valence-electron chi connectivity index (χ3n) is 9.76. The highest BCUT2D eigenvalue weighted by Crippen LogP contribution is 2.76. The summed E-state index contributed by atoms with van der Waals surface area (Å²) in [5, 5.41) is 0. The molecule has 0 unspecified atom stereocenters. The molecule has 0 N–H and O–H groups in total. The largest absolute Gasteiger partial charge is 0.0620 e.